The van der Waals surface area contributed by atoms with E-state index in [2.05, 4.69) is 15.3 Å². The van der Waals surface area contributed by atoms with E-state index >= 15 is 0 Å². The molecule has 1 fully saturated rings. The van der Waals surface area contributed by atoms with E-state index in [0.717, 1.165) is 17.0 Å². The van der Waals surface area contributed by atoms with Gasteiger partial charge in [-0.05, 0) is 50.7 Å². The van der Waals surface area contributed by atoms with Crippen molar-refractivity contribution < 1.29 is 23.8 Å². The second-order valence-electron chi connectivity index (χ2n) is 12.1. The van der Waals surface area contributed by atoms with Crippen molar-refractivity contribution in [3.8, 4) is 0 Å². The number of aromatic nitrogens is 1. The topological polar surface area (TPSA) is 160 Å². The average molecular weight is 605 g/mol. The minimum atomic E-state index is -1.55. The third kappa shape index (κ3) is 8.46. The molecule has 1 aromatic rings. The number of ether oxygens (including phenoxy) is 3. The lowest BCUT2D eigenvalue weighted by Gasteiger charge is -2.34. The Labute approximate surface area is 251 Å². The van der Waals surface area contributed by atoms with Gasteiger partial charge in [0.25, 0.3) is 0 Å². The van der Waals surface area contributed by atoms with Gasteiger partial charge < -0.3 is 14.2 Å². The monoisotopic (exact) mass is 604 g/mol. The van der Waals surface area contributed by atoms with Gasteiger partial charge in [-0.25, -0.2) is 4.98 Å². The summed E-state index contributed by atoms with van der Waals surface area (Å²) >= 11 is 1.49. The van der Waals surface area contributed by atoms with E-state index in [1.54, 1.807) is 33.8 Å². The van der Waals surface area contributed by atoms with Crippen LogP contribution in [0.5, 0.6) is 0 Å². The minimum Gasteiger partial charge on any atom is -0.440 e. The third-order valence-electron chi connectivity index (χ3n) is 8.52. The first-order valence-corrected chi connectivity index (χ1v) is 15.4. The number of nitrogens with zero attached hydrogens (tertiary/aromatic N) is 3. The van der Waals surface area contributed by atoms with Crippen LogP contribution in [0.3, 0.4) is 0 Å². The van der Waals surface area contributed by atoms with E-state index in [-0.39, 0.29) is 24.4 Å². The lowest BCUT2D eigenvalue weighted by Crippen LogP contribution is -2.48. The number of rotatable bonds is 6. The summed E-state index contributed by atoms with van der Waals surface area (Å²) in [6, 6.07) is -2.01. The van der Waals surface area contributed by atoms with Crippen LogP contribution in [-0.2, 0) is 23.8 Å². The van der Waals surface area contributed by atoms with Crippen LogP contribution in [0, 0.1) is 34.0 Å². The smallest absolute Gasteiger partial charge is 0.310 e. The van der Waals surface area contributed by atoms with Crippen molar-refractivity contribution in [2.75, 3.05) is 13.2 Å². The highest BCUT2D eigenvalue weighted by Gasteiger charge is 2.45. The van der Waals surface area contributed by atoms with Gasteiger partial charge in [-0.2, -0.15) is 9.81 Å². The number of thiazole rings is 1. The van der Waals surface area contributed by atoms with E-state index < -0.39 is 41.5 Å². The molecule has 12 heteroatoms. The van der Waals surface area contributed by atoms with Crippen LogP contribution >= 0.6 is 11.3 Å². The first-order chi connectivity index (χ1) is 19.8. The molecule has 0 aliphatic carbocycles. The van der Waals surface area contributed by atoms with E-state index in [0.29, 0.717) is 43.7 Å². The number of nitroso groups, excluding NO2 is 2. The van der Waals surface area contributed by atoms with E-state index in [9.17, 15) is 19.4 Å². The lowest BCUT2D eigenvalue weighted by molar-refractivity contribution is -0.156. The molecule has 0 spiro atoms. The van der Waals surface area contributed by atoms with Crippen molar-refractivity contribution >= 4 is 29.2 Å². The minimum absolute atomic E-state index is 0.152. The number of hydrogen-bond donors (Lipinski definition) is 1. The number of Topliss-reactive ketones (excluding diaryl/α,β-unsaturated/α-hetero) is 1. The Morgan fingerprint density at radius 2 is 1.88 bits per heavy atom. The molecule has 2 aliphatic heterocycles. The zero-order valence-corrected chi connectivity index (χ0v) is 26.3. The largest absolute Gasteiger partial charge is 0.440 e. The van der Waals surface area contributed by atoms with Crippen LogP contribution in [0.15, 0.2) is 33.0 Å². The Hall–Kier alpha value is -2.67. The fraction of sp³-hybridized carbons (Fsp3) is 0.700. The number of carbonyl (C=O) groups excluding carboxylic acids is 2. The maximum Gasteiger partial charge on any atom is 0.310 e. The van der Waals surface area contributed by atoms with Gasteiger partial charge in [-0.15, -0.1) is 11.3 Å². The molecule has 0 unspecified atom stereocenters. The van der Waals surface area contributed by atoms with Crippen LogP contribution in [-0.4, -0.2) is 54.0 Å². The maximum atomic E-state index is 13.6. The normalized spacial score (nSPS) is 32.2. The SMILES string of the molecule is C/C(=C\c1csc(C)n1)[C@]1(N)C/C=C(/CC2OCCO2)CCC[C@H](C)[C@H](N=O)[C@@H](C)C(=O)C(C)(C)[C@@H](N=O)CC(=O)O1. The maximum absolute atomic E-state index is 13.6. The van der Waals surface area contributed by atoms with Crippen molar-refractivity contribution in [3.63, 3.8) is 0 Å². The van der Waals surface area contributed by atoms with Gasteiger partial charge >= 0.3 is 5.97 Å². The summed E-state index contributed by atoms with van der Waals surface area (Å²) in [4.78, 5) is 55.3. The standard InChI is InChI=1S/C30H44N4O7S/c1-18-8-7-9-22(15-26-39-12-13-40-26)10-11-30(31,19(2)14-23-17-42-21(4)32-23)41-25(35)16-24(33-37)29(5,6)28(36)20(3)27(18)34-38/h10,14,17-18,20,24,26-27H,7-9,11-13,15-16,31H2,1-6H3/b19-14+,22-10+/t18-,20+,24-,27-,30-/m0/s1. The Morgan fingerprint density at radius 3 is 2.48 bits per heavy atom. The van der Waals surface area contributed by atoms with Crippen molar-refractivity contribution in [1.29, 1.82) is 0 Å². The van der Waals surface area contributed by atoms with E-state index in [1.807, 2.05) is 25.3 Å². The molecule has 5 atom stereocenters. The molecule has 1 aromatic heterocycles. The van der Waals surface area contributed by atoms with E-state index in [1.165, 1.54) is 11.3 Å². The number of aryl methyl sites for hydroxylation is 1. The van der Waals surface area contributed by atoms with Gasteiger partial charge in [-0.3, -0.25) is 15.3 Å². The molecular weight excluding hydrogens is 560 g/mol. The van der Waals surface area contributed by atoms with Crippen LogP contribution in [0.2, 0.25) is 0 Å². The molecule has 1 saturated heterocycles. The quantitative estimate of drug-likeness (QED) is 0.239. The third-order valence-corrected chi connectivity index (χ3v) is 9.31. The summed E-state index contributed by atoms with van der Waals surface area (Å²) < 4.78 is 17.3. The van der Waals surface area contributed by atoms with Crippen molar-refractivity contribution in [2.24, 2.45) is 33.3 Å². The summed E-state index contributed by atoms with van der Waals surface area (Å²) in [5.74, 6) is -2.07. The second-order valence-corrected chi connectivity index (χ2v) is 13.2. The van der Waals surface area contributed by atoms with Crippen molar-refractivity contribution in [3.05, 3.63) is 43.1 Å². The Morgan fingerprint density at radius 1 is 1.19 bits per heavy atom. The molecule has 0 bridgehead atoms. The van der Waals surface area contributed by atoms with Crippen molar-refractivity contribution in [1.82, 2.24) is 4.98 Å². The predicted octanol–water partition coefficient (Wildman–Crippen LogP) is 5.84. The van der Waals surface area contributed by atoms with Crippen LogP contribution in [0.1, 0.15) is 83.8 Å². The lowest BCUT2D eigenvalue weighted by atomic mass is 9.71. The zero-order valence-electron chi connectivity index (χ0n) is 25.5. The number of carbonyl (C=O) groups is 2. The summed E-state index contributed by atoms with van der Waals surface area (Å²) in [6.07, 6.45) is 5.61. The van der Waals surface area contributed by atoms with Crippen LogP contribution in [0.4, 0.5) is 0 Å². The molecule has 11 nitrogen and oxygen atoms in total. The molecule has 2 N–H and O–H groups in total. The van der Waals surface area contributed by atoms with Gasteiger partial charge in [0.15, 0.2) is 12.0 Å². The Bertz CT molecular complexity index is 1190. The average Bonchev–Trinajstić information content (AvgIpc) is 3.60. The molecule has 3 rings (SSSR count). The highest BCUT2D eigenvalue weighted by Crippen LogP contribution is 2.36. The van der Waals surface area contributed by atoms with Crippen molar-refractivity contribution in [2.45, 2.75) is 104 Å². The molecule has 42 heavy (non-hydrogen) atoms. The first kappa shape index (κ1) is 33.8. The van der Waals surface area contributed by atoms with E-state index in [4.69, 9.17) is 19.9 Å². The fourth-order valence-corrected chi connectivity index (χ4v) is 6.21. The first-order valence-electron chi connectivity index (χ1n) is 14.5. The van der Waals surface area contributed by atoms with Crippen LogP contribution < -0.4 is 5.73 Å². The molecule has 2 aliphatic rings. The molecular formula is C30H44N4O7S. The summed E-state index contributed by atoms with van der Waals surface area (Å²) in [5, 5.41) is 9.25. The predicted molar refractivity (Wildman–Crippen MR) is 161 cm³/mol. The molecule has 0 aromatic carbocycles. The molecule has 0 saturated carbocycles. The highest BCUT2D eigenvalue weighted by atomic mass is 32.1. The molecule has 232 valence electrons. The number of nitrogens with two attached hydrogens (primary N) is 1. The number of ketones is 1. The summed E-state index contributed by atoms with van der Waals surface area (Å²) in [7, 11) is 0. The van der Waals surface area contributed by atoms with Gasteiger partial charge in [0.1, 0.15) is 17.9 Å². The molecule has 0 amide bonds. The summed E-state index contributed by atoms with van der Waals surface area (Å²) in [6.45, 7) is 11.4. The number of esters is 1. The van der Waals surface area contributed by atoms with Gasteiger partial charge in [0.05, 0.1) is 35.8 Å². The highest BCUT2D eigenvalue weighted by molar-refractivity contribution is 7.09. The second kappa shape index (κ2) is 14.7. The van der Waals surface area contributed by atoms with Gasteiger partial charge in [0.2, 0.25) is 0 Å². The van der Waals surface area contributed by atoms with Crippen LogP contribution in [0.25, 0.3) is 6.08 Å². The van der Waals surface area contributed by atoms with Gasteiger partial charge in [-0.1, -0.05) is 49.7 Å². The molecule has 0 radical (unpaired) electrons. The number of hydrogen-bond acceptors (Lipinski definition) is 12. The fourth-order valence-electron chi connectivity index (χ4n) is 5.64. The zero-order chi connectivity index (χ0) is 31.1. The summed E-state index contributed by atoms with van der Waals surface area (Å²) in [5.41, 5.74) is 6.20. The molecule has 3 heterocycles. The Balaban J connectivity index is 2.03. The Kier molecular flexibility index (Phi) is 11.8. The number of cyclic esters (lactones) is 1. The van der Waals surface area contributed by atoms with Gasteiger partial charge in [0, 0.05) is 24.1 Å².